The van der Waals surface area contributed by atoms with E-state index in [0.29, 0.717) is 23.3 Å². The molecule has 0 radical (unpaired) electrons. The molecule has 10 nitrogen and oxygen atoms in total. The van der Waals surface area contributed by atoms with Crippen LogP contribution in [0.15, 0.2) is 36.5 Å². The first-order valence-corrected chi connectivity index (χ1v) is 11.4. The lowest BCUT2D eigenvalue weighted by molar-refractivity contribution is 0.0949. The number of amides is 1. The number of aryl methyl sites for hydroxylation is 1. The van der Waals surface area contributed by atoms with E-state index in [9.17, 15) is 13.2 Å². The predicted octanol–water partition coefficient (Wildman–Crippen LogP) is 1.75. The summed E-state index contributed by atoms with van der Waals surface area (Å²) < 4.78 is 24.0. The molecule has 11 heteroatoms. The third kappa shape index (κ3) is 4.10. The number of hydrogen-bond donors (Lipinski definition) is 3. The number of aromatic nitrogens is 5. The Morgan fingerprint density at radius 3 is 2.90 bits per heavy atom. The average Bonchev–Trinajstić information content (AvgIpc) is 3.26. The zero-order valence-corrected chi connectivity index (χ0v) is 17.3. The molecule has 3 N–H and O–H groups in total. The van der Waals surface area contributed by atoms with Crippen LogP contribution < -0.4 is 10.6 Å². The Hall–Kier alpha value is -3.47. The van der Waals surface area contributed by atoms with Gasteiger partial charge >= 0.3 is 0 Å². The molecule has 4 rings (SSSR count). The van der Waals surface area contributed by atoms with Crippen LogP contribution in [0.25, 0.3) is 21.9 Å². The molecule has 1 amide bonds. The maximum Gasteiger partial charge on any atom is 0.272 e. The third-order valence-corrected chi connectivity index (χ3v) is 5.66. The van der Waals surface area contributed by atoms with Crippen LogP contribution in [0.2, 0.25) is 0 Å². The second kappa shape index (κ2) is 7.75. The molecule has 0 fully saturated rings. The summed E-state index contributed by atoms with van der Waals surface area (Å²) in [4.78, 5) is 16.8. The summed E-state index contributed by atoms with van der Waals surface area (Å²) in [6, 6.07) is 9.27. The van der Waals surface area contributed by atoms with E-state index in [4.69, 9.17) is 0 Å². The molecular formula is C19H21N7O3S. The van der Waals surface area contributed by atoms with E-state index in [1.165, 1.54) is 6.26 Å². The number of H-pyrrole nitrogens is 1. The SMILES string of the molecule is Cn1nc(C(=O)NCCCS(C)(=O)=O)c2ccc(Nc3n[nH]c4cccnc34)cc21. The van der Waals surface area contributed by atoms with Crippen molar-refractivity contribution in [3.63, 3.8) is 0 Å². The number of sulfone groups is 1. The van der Waals surface area contributed by atoms with E-state index in [2.05, 4.69) is 30.9 Å². The first-order chi connectivity index (χ1) is 14.3. The number of rotatable bonds is 7. The fourth-order valence-electron chi connectivity index (χ4n) is 3.20. The number of nitrogens with zero attached hydrogens (tertiary/aromatic N) is 4. The van der Waals surface area contributed by atoms with Crippen LogP contribution in [-0.4, -0.2) is 57.8 Å². The van der Waals surface area contributed by atoms with Crippen LogP contribution in [0.5, 0.6) is 0 Å². The van der Waals surface area contributed by atoms with Gasteiger partial charge in [-0.15, -0.1) is 0 Å². The van der Waals surface area contributed by atoms with Crippen LogP contribution in [0.4, 0.5) is 11.5 Å². The van der Waals surface area contributed by atoms with Crippen LogP contribution in [0, 0.1) is 0 Å². The fraction of sp³-hybridized carbons (Fsp3) is 0.263. The fourth-order valence-corrected chi connectivity index (χ4v) is 3.87. The number of benzene rings is 1. The zero-order valence-electron chi connectivity index (χ0n) is 16.5. The number of anilines is 2. The van der Waals surface area contributed by atoms with Gasteiger partial charge < -0.3 is 10.6 Å². The van der Waals surface area contributed by atoms with Crippen molar-refractivity contribution in [3.8, 4) is 0 Å². The minimum atomic E-state index is -3.05. The van der Waals surface area contributed by atoms with Gasteiger partial charge in [-0.2, -0.15) is 10.2 Å². The highest BCUT2D eigenvalue weighted by molar-refractivity contribution is 7.90. The monoisotopic (exact) mass is 427 g/mol. The van der Waals surface area contributed by atoms with Crippen molar-refractivity contribution in [3.05, 3.63) is 42.2 Å². The quantitative estimate of drug-likeness (QED) is 0.382. The molecule has 4 aromatic rings. The number of nitrogens with one attached hydrogen (secondary N) is 3. The summed E-state index contributed by atoms with van der Waals surface area (Å²) in [7, 11) is -1.29. The minimum Gasteiger partial charge on any atom is -0.351 e. The van der Waals surface area contributed by atoms with E-state index < -0.39 is 9.84 Å². The van der Waals surface area contributed by atoms with Gasteiger partial charge in [-0.05, 0) is 36.8 Å². The molecule has 1 aromatic carbocycles. The summed E-state index contributed by atoms with van der Waals surface area (Å²) in [5, 5.41) is 18.2. The lowest BCUT2D eigenvalue weighted by atomic mass is 10.2. The number of hydrogen-bond acceptors (Lipinski definition) is 7. The number of carbonyl (C=O) groups excluding carboxylic acids is 1. The van der Waals surface area contributed by atoms with Gasteiger partial charge in [-0.3, -0.25) is 19.6 Å². The largest absolute Gasteiger partial charge is 0.351 e. The van der Waals surface area contributed by atoms with Gasteiger partial charge in [-0.25, -0.2) is 8.42 Å². The molecule has 30 heavy (non-hydrogen) atoms. The zero-order chi connectivity index (χ0) is 21.3. The van der Waals surface area contributed by atoms with Crippen molar-refractivity contribution in [2.45, 2.75) is 6.42 Å². The number of carbonyl (C=O) groups is 1. The molecule has 3 aromatic heterocycles. The lowest BCUT2D eigenvalue weighted by Gasteiger charge is -2.05. The molecule has 156 valence electrons. The molecular weight excluding hydrogens is 406 g/mol. The van der Waals surface area contributed by atoms with Gasteiger partial charge in [0.25, 0.3) is 5.91 Å². The predicted molar refractivity (Wildman–Crippen MR) is 115 cm³/mol. The highest BCUT2D eigenvalue weighted by Gasteiger charge is 2.17. The van der Waals surface area contributed by atoms with Gasteiger partial charge in [-0.1, -0.05) is 0 Å². The maximum absolute atomic E-state index is 12.5. The Balaban J connectivity index is 1.53. The molecule has 3 heterocycles. The molecule has 0 saturated carbocycles. The van der Waals surface area contributed by atoms with Crippen molar-refractivity contribution in [2.75, 3.05) is 23.9 Å². The van der Waals surface area contributed by atoms with Gasteiger partial charge in [0.1, 0.15) is 15.4 Å². The Morgan fingerprint density at radius 1 is 1.27 bits per heavy atom. The Morgan fingerprint density at radius 2 is 2.10 bits per heavy atom. The number of fused-ring (bicyclic) bond motifs is 2. The summed E-state index contributed by atoms with van der Waals surface area (Å²) in [5.74, 6) is 0.301. The van der Waals surface area contributed by atoms with E-state index in [1.807, 2.05) is 30.3 Å². The summed E-state index contributed by atoms with van der Waals surface area (Å²) in [5.41, 5.74) is 3.41. The van der Waals surface area contributed by atoms with Crippen molar-refractivity contribution in [1.82, 2.24) is 30.3 Å². The van der Waals surface area contributed by atoms with Gasteiger partial charge in [0.05, 0.1) is 16.8 Å². The average molecular weight is 427 g/mol. The van der Waals surface area contributed by atoms with E-state index >= 15 is 0 Å². The lowest BCUT2D eigenvalue weighted by Crippen LogP contribution is -2.26. The third-order valence-electron chi connectivity index (χ3n) is 4.63. The topological polar surface area (TPSA) is 135 Å². The first kappa shape index (κ1) is 19.8. The molecule has 0 atom stereocenters. The van der Waals surface area contributed by atoms with Gasteiger partial charge in [0, 0.05) is 37.1 Å². The van der Waals surface area contributed by atoms with E-state index in [0.717, 1.165) is 22.2 Å². The van der Waals surface area contributed by atoms with E-state index in [1.54, 1.807) is 17.9 Å². The standard InChI is InChI=1S/C19H21N7O3S/c1-26-15-11-12(22-18-17-14(23-24-18)5-3-8-20-17)6-7-13(15)16(25-26)19(27)21-9-4-10-30(2,28)29/h3,5-8,11H,4,9-10H2,1-2H3,(H,21,27)(H2,22,23,24). The molecule has 0 aliphatic carbocycles. The van der Waals surface area contributed by atoms with E-state index in [-0.39, 0.29) is 18.2 Å². The molecule has 0 unspecified atom stereocenters. The van der Waals surface area contributed by atoms with Crippen LogP contribution >= 0.6 is 0 Å². The van der Waals surface area contributed by atoms with Gasteiger partial charge in [0.2, 0.25) is 0 Å². The van der Waals surface area contributed by atoms with Crippen LogP contribution in [-0.2, 0) is 16.9 Å². The normalized spacial score (nSPS) is 11.8. The number of pyridine rings is 1. The Bertz CT molecular complexity index is 1340. The number of aromatic amines is 1. The second-order valence-corrected chi connectivity index (χ2v) is 9.30. The first-order valence-electron chi connectivity index (χ1n) is 9.30. The highest BCUT2D eigenvalue weighted by atomic mass is 32.2. The summed E-state index contributed by atoms with van der Waals surface area (Å²) >= 11 is 0. The van der Waals surface area contributed by atoms with Crippen molar-refractivity contribution >= 4 is 49.2 Å². The highest BCUT2D eigenvalue weighted by Crippen LogP contribution is 2.26. The Kier molecular flexibility index (Phi) is 5.12. The van der Waals surface area contributed by atoms with Crippen LogP contribution in [0.3, 0.4) is 0 Å². The van der Waals surface area contributed by atoms with Gasteiger partial charge in [0.15, 0.2) is 11.5 Å². The van der Waals surface area contributed by atoms with Crippen LogP contribution in [0.1, 0.15) is 16.9 Å². The summed E-state index contributed by atoms with van der Waals surface area (Å²) in [6.07, 6.45) is 3.23. The van der Waals surface area contributed by atoms with Crippen molar-refractivity contribution < 1.29 is 13.2 Å². The molecule has 0 saturated heterocycles. The maximum atomic E-state index is 12.5. The smallest absolute Gasteiger partial charge is 0.272 e. The van der Waals surface area contributed by atoms with Crippen molar-refractivity contribution in [2.24, 2.45) is 7.05 Å². The van der Waals surface area contributed by atoms with Crippen molar-refractivity contribution in [1.29, 1.82) is 0 Å². The molecule has 0 spiro atoms. The second-order valence-electron chi connectivity index (χ2n) is 7.04. The molecule has 0 aliphatic rings. The molecule has 0 bridgehead atoms. The summed E-state index contributed by atoms with van der Waals surface area (Å²) in [6.45, 7) is 0.267. The minimum absolute atomic E-state index is 0.0298. The molecule has 0 aliphatic heterocycles. The Labute approximate surface area is 172 Å².